The number of halogens is 1. The molecule has 0 atom stereocenters. The van der Waals surface area contributed by atoms with Crippen molar-refractivity contribution in [2.24, 2.45) is 0 Å². The summed E-state index contributed by atoms with van der Waals surface area (Å²) in [5.74, 6) is 0.300. The molecule has 0 aliphatic carbocycles. The molecule has 1 aromatic heterocycles. The minimum Gasteiger partial charge on any atom is -0.378 e. The second kappa shape index (κ2) is 6.94. The molecule has 0 unspecified atom stereocenters. The summed E-state index contributed by atoms with van der Waals surface area (Å²) in [5.41, 5.74) is 1.65. The number of aromatic nitrogens is 2. The Hall–Kier alpha value is -2.17. The number of nitriles is 1. The Balaban J connectivity index is 2.14. The Labute approximate surface area is 138 Å². The van der Waals surface area contributed by atoms with Crippen molar-refractivity contribution >= 4 is 17.6 Å². The standard InChI is InChI=1S/C16H15FN4OS/c1-23-16-19-14(11-2-4-12(17)5-3-11)13(10-18)15(20-16)21-6-8-22-9-7-21/h2-5H,6-9H2,1H3. The Morgan fingerprint density at radius 3 is 2.52 bits per heavy atom. The van der Waals surface area contributed by atoms with E-state index in [0.717, 1.165) is 0 Å². The molecule has 0 radical (unpaired) electrons. The van der Waals surface area contributed by atoms with E-state index in [1.807, 2.05) is 11.2 Å². The van der Waals surface area contributed by atoms with Gasteiger partial charge in [-0.3, -0.25) is 0 Å². The third-order valence-electron chi connectivity index (χ3n) is 3.59. The number of benzene rings is 1. The molecule has 0 amide bonds. The lowest BCUT2D eigenvalue weighted by Gasteiger charge is -2.29. The lowest BCUT2D eigenvalue weighted by molar-refractivity contribution is 0.122. The maximum atomic E-state index is 13.2. The monoisotopic (exact) mass is 330 g/mol. The van der Waals surface area contributed by atoms with Crippen LogP contribution < -0.4 is 4.90 Å². The molecule has 23 heavy (non-hydrogen) atoms. The minimum absolute atomic E-state index is 0.320. The van der Waals surface area contributed by atoms with Crippen molar-refractivity contribution in [1.82, 2.24) is 9.97 Å². The van der Waals surface area contributed by atoms with Crippen LogP contribution in [0.2, 0.25) is 0 Å². The van der Waals surface area contributed by atoms with E-state index < -0.39 is 0 Å². The molecule has 0 saturated carbocycles. The lowest BCUT2D eigenvalue weighted by atomic mass is 10.1. The van der Waals surface area contributed by atoms with Crippen LogP contribution in [0.4, 0.5) is 10.2 Å². The van der Waals surface area contributed by atoms with Crippen LogP contribution in [0.1, 0.15) is 5.56 Å². The van der Waals surface area contributed by atoms with Crippen LogP contribution >= 0.6 is 11.8 Å². The van der Waals surface area contributed by atoms with Crippen LogP contribution in [-0.4, -0.2) is 42.5 Å². The summed E-state index contributed by atoms with van der Waals surface area (Å²) < 4.78 is 18.5. The van der Waals surface area contributed by atoms with Gasteiger partial charge < -0.3 is 9.64 Å². The maximum Gasteiger partial charge on any atom is 0.189 e. The first kappa shape index (κ1) is 15.7. The molecule has 1 fully saturated rings. The first-order chi connectivity index (χ1) is 11.2. The summed E-state index contributed by atoms with van der Waals surface area (Å²) in [6, 6.07) is 8.21. The molecule has 7 heteroatoms. The molecular weight excluding hydrogens is 315 g/mol. The zero-order chi connectivity index (χ0) is 16.2. The fourth-order valence-corrected chi connectivity index (χ4v) is 2.80. The van der Waals surface area contributed by atoms with E-state index in [2.05, 4.69) is 16.0 Å². The fourth-order valence-electron chi connectivity index (χ4n) is 2.44. The highest BCUT2D eigenvalue weighted by Crippen LogP contribution is 2.30. The Bertz CT molecular complexity index is 739. The van der Waals surface area contributed by atoms with Gasteiger partial charge in [0, 0.05) is 18.7 Å². The molecule has 0 bridgehead atoms. The van der Waals surface area contributed by atoms with Crippen LogP contribution in [-0.2, 0) is 4.74 Å². The third-order valence-corrected chi connectivity index (χ3v) is 4.14. The van der Waals surface area contributed by atoms with Gasteiger partial charge in [-0.15, -0.1) is 0 Å². The van der Waals surface area contributed by atoms with Gasteiger partial charge in [0.2, 0.25) is 0 Å². The molecule has 1 aliphatic rings. The van der Waals surface area contributed by atoms with Gasteiger partial charge in [0.05, 0.1) is 18.9 Å². The first-order valence-corrected chi connectivity index (χ1v) is 8.40. The van der Waals surface area contributed by atoms with Crippen molar-refractivity contribution in [3.8, 4) is 17.3 Å². The minimum atomic E-state index is -0.320. The summed E-state index contributed by atoms with van der Waals surface area (Å²) in [7, 11) is 0. The number of nitrogens with zero attached hydrogens (tertiary/aromatic N) is 4. The van der Waals surface area contributed by atoms with E-state index in [4.69, 9.17) is 4.74 Å². The summed E-state index contributed by atoms with van der Waals surface area (Å²) >= 11 is 1.41. The van der Waals surface area contributed by atoms with Gasteiger partial charge in [0.15, 0.2) is 11.0 Å². The van der Waals surface area contributed by atoms with Crippen LogP contribution in [0.25, 0.3) is 11.3 Å². The molecule has 2 heterocycles. The van der Waals surface area contributed by atoms with E-state index in [1.165, 1.54) is 23.9 Å². The molecule has 1 aliphatic heterocycles. The number of hydrogen-bond donors (Lipinski definition) is 0. The second-order valence-electron chi connectivity index (χ2n) is 4.98. The molecule has 0 N–H and O–H groups in total. The van der Waals surface area contributed by atoms with Crippen LogP contribution in [0, 0.1) is 17.1 Å². The van der Waals surface area contributed by atoms with E-state index >= 15 is 0 Å². The molecule has 1 saturated heterocycles. The normalized spacial score (nSPS) is 14.6. The SMILES string of the molecule is CSc1nc(-c2ccc(F)cc2)c(C#N)c(N2CCOCC2)n1. The molecule has 1 aromatic carbocycles. The number of anilines is 1. The Kier molecular flexibility index (Phi) is 4.74. The predicted octanol–water partition coefficient (Wildman–Crippen LogP) is 2.71. The zero-order valence-electron chi connectivity index (χ0n) is 12.6. The van der Waals surface area contributed by atoms with Crippen LogP contribution in [0.5, 0.6) is 0 Å². The number of morpholine rings is 1. The van der Waals surface area contributed by atoms with Crippen molar-refractivity contribution in [3.63, 3.8) is 0 Å². The summed E-state index contributed by atoms with van der Waals surface area (Å²) in [6.45, 7) is 2.58. The third kappa shape index (κ3) is 3.28. The number of rotatable bonds is 3. The highest BCUT2D eigenvalue weighted by atomic mass is 32.2. The molecule has 2 aromatic rings. The predicted molar refractivity (Wildman–Crippen MR) is 87.0 cm³/mol. The van der Waals surface area contributed by atoms with Gasteiger partial charge in [0.25, 0.3) is 0 Å². The highest BCUT2D eigenvalue weighted by molar-refractivity contribution is 7.98. The quantitative estimate of drug-likeness (QED) is 0.637. The van der Waals surface area contributed by atoms with E-state index in [-0.39, 0.29) is 5.82 Å². The number of thioether (sulfide) groups is 1. The molecular formula is C16H15FN4OS. The molecule has 5 nitrogen and oxygen atoms in total. The van der Waals surface area contributed by atoms with Gasteiger partial charge in [-0.1, -0.05) is 11.8 Å². The maximum absolute atomic E-state index is 13.2. The average Bonchev–Trinajstić information content (AvgIpc) is 2.62. The highest BCUT2D eigenvalue weighted by Gasteiger charge is 2.22. The van der Waals surface area contributed by atoms with Crippen molar-refractivity contribution in [2.45, 2.75) is 5.16 Å². The van der Waals surface area contributed by atoms with Crippen molar-refractivity contribution in [3.05, 3.63) is 35.6 Å². The molecule has 0 spiro atoms. The molecule has 3 rings (SSSR count). The second-order valence-corrected chi connectivity index (χ2v) is 5.75. The Morgan fingerprint density at radius 2 is 1.91 bits per heavy atom. The zero-order valence-corrected chi connectivity index (χ0v) is 13.4. The van der Waals surface area contributed by atoms with Crippen molar-refractivity contribution in [1.29, 1.82) is 5.26 Å². The van der Waals surface area contributed by atoms with Crippen molar-refractivity contribution in [2.75, 3.05) is 37.5 Å². The van der Waals surface area contributed by atoms with E-state index in [0.29, 0.717) is 54.1 Å². The van der Waals surface area contributed by atoms with Gasteiger partial charge in [-0.25, -0.2) is 14.4 Å². The van der Waals surface area contributed by atoms with Gasteiger partial charge >= 0.3 is 0 Å². The summed E-state index contributed by atoms with van der Waals surface area (Å²) in [5, 5.41) is 10.2. The lowest BCUT2D eigenvalue weighted by Crippen LogP contribution is -2.37. The number of hydrogen-bond acceptors (Lipinski definition) is 6. The van der Waals surface area contributed by atoms with E-state index in [1.54, 1.807) is 12.1 Å². The first-order valence-electron chi connectivity index (χ1n) is 7.17. The smallest absolute Gasteiger partial charge is 0.189 e. The number of ether oxygens (including phenoxy) is 1. The summed E-state index contributed by atoms with van der Waals surface area (Å²) in [4.78, 5) is 11.0. The fraction of sp³-hybridized carbons (Fsp3) is 0.312. The largest absolute Gasteiger partial charge is 0.378 e. The van der Waals surface area contributed by atoms with Crippen LogP contribution in [0.3, 0.4) is 0 Å². The van der Waals surface area contributed by atoms with E-state index in [9.17, 15) is 9.65 Å². The van der Waals surface area contributed by atoms with Crippen molar-refractivity contribution < 1.29 is 9.13 Å². The summed E-state index contributed by atoms with van der Waals surface area (Å²) in [6.07, 6.45) is 1.89. The topological polar surface area (TPSA) is 62.0 Å². The van der Waals surface area contributed by atoms with Gasteiger partial charge in [0.1, 0.15) is 17.4 Å². The molecule has 118 valence electrons. The Morgan fingerprint density at radius 1 is 1.22 bits per heavy atom. The van der Waals surface area contributed by atoms with Gasteiger partial charge in [-0.2, -0.15) is 5.26 Å². The van der Waals surface area contributed by atoms with Crippen LogP contribution in [0.15, 0.2) is 29.4 Å². The van der Waals surface area contributed by atoms with Gasteiger partial charge in [-0.05, 0) is 30.5 Å². The average molecular weight is 330 g/mol.